The lowest BCUT2D eigenvalue weighted by atomic mass is 10.2. The molecule has 0 saturated heterocycles. The second-order valence-electron chi connectivity index (χ2n) is 4.77. The molecule has 0 heterocycles. The first kappa shape index (κ1) is 18.8. The quantitative estimate of drug-likeness (QED) is 0.494. The minimum absolute atomic E-state index is 0.0293. The van der Waals surface area contributed by atoms with Gasteiger partial charge >= 0.3 is 0 Å². The second-order valence-corrected chi connectivity index (χ2v) is 6.98. The minimum Gasteiger partial charge on any atom is -0.506 e. The smallest absolute Gasteiger partial charge is 0.280 e. The maximum atomic E-state index is 12.0. The Bertz CT molecular complexity index is 767. The van der Waals surface area contributed by atoms with Crippen molar-refractivity contribution in [3.8, 4) is 11.5 Å². The Morgan fingerprint density at radius 1 is 1.33 bits per heavy atom. The molecule has 0 fully saturated rings. The Morgan fingerprint density at radius 3 is 2.67 bits per heavy atom. The van der Waals surface area contributed by atoms with Crippen molar-refractivity contribution in [2.24, 2.45) is 5.10 Å². The van der Waals surface area contributed by atoms with Gasteiger partial charge in [-0.1, -0.05) is 27.5 Å². The Kier molecular flexibility index (Phi) is 6.65. The van der Waals surface area contributed by atoms with E-state index in [0.717, 1.165) is 4.47 Å². The molecule has 2 aromatic carbocycles. The number of hydrogen-bond acceptors (Lipinski definition) is 4. The van der Waals surface area contributed by atoms with Gasteiger partial charge in [0.1, 0.15) is 11.5 Å². The molecule has 2 N–H and O–H groups in total. The summed E-state index contributed by atoms with van der Waals surface area (Å²) in [5, 5.41) is 14.3. The maximum absolute atomic E-state index is 12.0. The number of carbonyl (C=O) groups excluding carboxylic acids is 1. The fourth-order valence-corrected chi connectivity index (χ4v) is 3.10. The first-order chi connectivity index (χ1) is 11.4. The van der Waals surface area contributed by atoms with E-state index >= 15 is 0 Å². The van der Waals surface area contributed by atoms with Crippen LogP contribution in [0.4, 0.5) is 0 Å². The molecule has 0 spiro atoms. The fourth-order valence-electron chi connectivity index (χ4n) is 1.71. The number of hydrogen-bond donors (Lipinski definition) is 2. The lowest BCUT2D eigenvalue weighted by Crippen LogP contribution is -2.33. The van der Waals surface area contributed by atoms with Gasteiger partial charge in [-0.05, 0) is 59.3 Å². The number of amides is 1. The molecule has 0 radical (unpaired) electrons. The highest BCUT2D eigenvalue weighted by Gasteiger charge is 2.14. The van der Waals surface area contributed by atoms with Gasteiger partial charge in [0.15, 0.2) is 6.10 Å². The van der Waals surface area contributed by atoms with Crippen molar-refractivity contribution in [2.75, 3.05) is 0 Å². The molecular weight excluding hydrogens is 463 g/mol. The van der Waals surface area contributed by atoms with Crippen molar-refractivity contribution in [3.05, 3.63) is 55.9 Å². The topological polar surface area (TPSA) is 70.9 Å². The number of hydrazone groups is 1. The molecule has 0 saturated carbocycles. The van der Waals surface area contributed by atoms with Crippen LogP contribution in [-0.2, 0) is 4.79 Å². The average Bonchev–Trinajstić information content (AvgIpc) is 2.53. The van der Waals surface area contributed by atoms with Gasteiger partial charge in [0.25, 0.3) is 5.91 Å². The number of nitrogens with zero attached hydrogens (tertiary/aromatic N) is 1. The van der Waals surface area contributed by atoms with Crippen molar-refractivity contribution >= 4 is 55.6 Å². The fraction of sp³-hybridized carbons (Fsp3) is 0.125. The summed E-state index contributed by atoms with van der Waals surface area (Å²) >= 11 is 12.3. The van der Waals surface area contributed by atoms with Gasteiger partial charge in [-0.25, -0.2) is 5.43 Å². The number of halogens is 3. The first-order valence-electron chi connectivity index (χ1n) is 6.80. The van der Waals surface area contributed by atoms with E-state index in [1.807, 2.05) is 0 Å². The Balaban J connectivity index is 1.96. The van der Waals surface area contributed by atoms with Crippen LogP contribution in [0.15, 0.2) is 50.4 Å². The van der Waals surface area contributed by atoms with E-state index in [9.17, 15) is 9.90 Å². The van der Waals surface area contributed by atoms with Gasteiger partial charge < -0.3 is 9.84 Å². The Morgan fingerprint density at radius 2 is 2.00 bits per heavy atom. The number of nitrogens with one attached hydrogen (secondary N) is 1. The van der Waals surface area contributed by atoms with Crippen LogP contribution in [0.3, 0.4) is 0 Å². The number of phenols is 1. The Labute approximate surface area is 160 Å². The van der Waals surface area contributed by atoms with Gasteiger partial charge in [-0.2, -0.15) is 5.10 Å². The summed E-state index contributed by atoms with van der Waals surface area (Å²) in [6, 6.07) is 10.1. The molecule has 0 aliphatic heterocycles. The number of benzene rings is 2. The third kappa shape index (κ3) is 5.22. The zero-order valence-electron chi connectivity index (χ0n) is 12.5. The molecule has 1 atom stereocenters. The Hall–Kier alpha value is -1.57. The predicted octanol–water partition coefficient (Wildman–Crippen LogP) is 4.49. The molecule has 0 aliphatic rings. The lowest BCUT2D eigenvalue weighted by Gasteiger charge is -2.12. The molecule has 0 aromatic heterocycles. The number of carbonyl (C=O) groups is 1. The summed E-state index contributed by atoms with van der Waals surface area (Å²) in [6.07, 6.45) is 0.601. The van der Waals surface area contributed by atoms with Crippen LogP contribution in [0.5, 0.6) is 11.5 Å². The highest BCUT2D eigenvalue weighted by atomic mass is 79.9. The third-order valence-electron chi connectivity index (χ3n) is 2.93. The molecule has 0 aliphatic carbocycles. The molecule has 2 aromatic rings. The van der Waals surface area contributed by atoms with Crippen LogP contribution in [0.2, 0.25) is 5.02 Å². The van der Waals surface area contributed by atoms with Crippen molar-refractivity contribution in [3.63, 3.8) is 0 Å². The summed E-state index contributed by atoms with van der Waals surface area (Å²) in [5.41, 5.74) is 2.81. The van der Waals surface area contributed by atoms with E-state index in [0.29, 0.717) is 20.8 Å². The highest BCUT2D eigenvalue weighted by Crippen LogP contribution is 2.30. The van der Waals surface area contributed by atoms with E-state index < -0.39 is 12.0 Å². The van der Waals surface area contributed by atoms with Gasteiger partial charge in [0, 0.05) is 15.1 Å². The minimum atomic E-state index is -0.744. The summed E-state index contributed by atoms with van der Waals surface area (Å²) in [4.78, 5) is 12.0. The van der Waals surface area contributed by atoms with Crippen LogP contribution in [-0.4, -0.2) is 23.3 Å². The van der Waals surface area contributed by atoms with Crippen LogP contribution in [0.25, 0.3) is 0 Å². The zero-order valence-corrected chi connectivity index (χ0v) is 16.4. The number of aromatic hydroxyl groups is 1. The van der Waals surface area contributed by atoms with Crippen LogP contribution in [0.1, 0.15) is 12.5 Å². The summed E-state index contributed by atoms with van der Waals surface area (Å²) < 4.78 is 6.77. The van der Waals surface area contributed by atoms with E-state index in [-0.39, 0.29) is 5.75 Å². The monoisotopic (exact) mass is 474 g/mol. The van der Waals surface area contributed by atoms with Gasteiger partial charge in [-0.15, -0.1) is 0 Å². The van der Waals surface area contributed by atoms with Crippen molar-refractivity contribution in [2.45, 2.75) is 13.0 Å². The van der Waals surface area contributed by atoms with Crippen LogP contribution in [0, 0.1) is 0 Å². The van der Waals surface area contributed by atoms with E-state index in [1.165, 1.54) is 6.21 Å². The summed E-state index contributed by atoms with van der Waals surface area (Å²) in [5.74, 6) is 0.135. The molecule has 126 valence electrons. The lowest BCUT2D eigenvalue weighted by molar-refractivity contribution is -0.127. The van der Waals surface area contributed by atoms with Crippen molar-refractivity contribution < 1.29 is 14.6 Å². The SMILES string of the molecule is C[C@H](Oc1ccc(Cl)cc1)C(=O)N/N=C/c1cc(Br)cc(Br)c1O. The molecular formula is C16H13Br2ClN2O3. The third-order valence-corrected chi connectivity index (χ3v) is 4.25. The highest BCUT2D eigenvalue weighted by molar-refractivity contribution is 9.11. The second kappa shape index (κ2) is 8.50. The number of rotatable bonds is 5. The maximum Gasteiger partial charge on any atom is 0.280 e. The van der Waals surface area contributed by atoms with Crippen molar-refractivity contribution in [1.29, 1.82) is 0 Å². The number of phenolic OH excluding ortho intramolecular Hbond substituents is 1. The van der Waals surface area contributed by atoms with Gasteiger partial charge in [0.05, 0.1) is 10.7 Å². The molecule has 2 rings (SSSR count). The molecule has 1 amide bonds. The van der Waals surface area contributed by atoms with E-state index in [4.69, 9.17) is 16.3 Å². The summed E-state index contributed by atoms with van der Waals surface area (Å²) in [7, 11) is 0. The van der Waals surface area contributed by atoms with Gasteiger partial charge in [0.2, 0.25) is 0 Å². The summed E-state index contributed by atoms with van der Waals surface area (Å²) in [6.45, 7) is 1.60. The molecule has 8 heteroatoms. The standard InChI is InChI=1S/C16H13Br2ClN2O3/c1-9(24-13-4-2-12(19)3-5-13)16(23)21-20-8-10-6-11(17)7-14(18)15(10)22/h2-9,22H,1H3,(H,21,23)/b20-8+/t9-/m0/s1. The van der Waals surface area contributed by atoms with Crippen LogP contribution < -0.4 is 10.2 Å². The van der Waals surface area contributed by atoms with E-state index in [1.54, 1.807) is 43.3 Å². The first-order valence-corrected chi connectivity index (χ1v) is 8.76. The molecule has 0 bridgehead atoms. The molecule has 24 heavy (non-hydrogen) atoms. The van der Waals surface area contributed by atoms with Crippen molar-refractivity contribution in [1.82, 2.24) is 5.43 Å². The zero-order chi connectivity index (χ0) is 17.7. The number of ether oxygens (including phenoxy) is 1. The van der Waals surface area contributed by atoms with E-state index in [2.05, 4.69) is 42.4 Å². The largest absolute Gasteiger partial charge is 0.506 e. The predicted molar refractivity (Wildman–Crippen MR) is 101 cm³/mol. The molecule has 5 nitrogen and oxygen atoms in total. The normalized spacial score (nSPS) is 12.2. The average molecular weight is 477 g/mol. The van der Waals surface area contributed by atoms with Crippen LogP contribution >= 0.6 is 43.5 Å². The molecule has 0 unspecified atom stereocenters. The van der Waals surface area contributed by atoms with Gasteiger partial charge in [-0.3, -0.25) is 4.79 Å².